The summed E-state index contributed by atoms with van der Waals surface area (Å²) in [6, 6.07) is 9.28. The lowest BCUT2D eigenvalue weighted by atomic mass is 9.72. The molecule has 1 aromatic carbocycles. The van der Waals surface area contributed by atoms with E-state index in [2.05, 4.69) is 0 Å². The monoisotopic (exact) mass is 335 g/mol. The maximum atomic E-state index is 12.7. The number of rotatable bonds is 4. The lowest BCUT2D eigenvalue weighted by molar-refractivity contribution is -0.162. The molecule has 0 aliphatic carbocycles. The summed E-state index contributed by atoms with van der Waals surface area (Å²) in [5.41, 5.74) is -1.19. The van der Waals surface area contributed by atoms with Gasteiger partial charge in [0.2, 0.25) is 0 Å². The molecule has 0 saturated carbocycles. The van der Waals surface area contributed by atoms with Gasteiger partial charge in [0.15, 0.2) is 5.54 Å². The van der Waals surface area contributed by atoms with Gasteiger partial charge in [-0.15, -0.1) is 0 Å². The Kier molecular flexibility index (Phi) is 5.18. The van der Waals surface area contributed by atoms with Gasteiger partial charge in [0.05, 0.1) is 0 Å². The molecule has 1 unspecified atom stereocenters. The lowest BCUT2D eigenvalue weighted by Gasteiger charge is -2.45. The average Bonchev–Trinajstić information content (AvgIpc) is 2.94. The first-order valence-electron chi connectivity index (χ1n) is 8.00. The summed E-state index contributed by atoms with van der Waals surface area (Å²) >= 11 is 0. The second-order valence-corrected chi connectivity index (χ2v) is 7.05. The molecule has 6 nitrogen and oxygen atoms in total. The lowest BCUT2D eigenvalue weighted by Crippen LogP contribution is -2.62. The van der Waals surface area contributed by atoms with E-state index in [1.54, 1.807) is 0 Å². The predicted octanol–water partition coefficient (Wildman–Crippen LogP) is 3.26. The molecule has 1 aliphatic rings. The fraction of sp³-hybridized carbons (Fsp3) is 0.556. The Bertz CT molecular complexity index is 595. The van der Waals surface area contributed by atoms with Crippen molar-refractivity contribution in [2.75, 3.05) is 7.11 Å². The van der Waals surface area contributed by atoms with Gasteiger partial charge < -0.3 is 14.6 Å². The Hall–Kier alpha value is -2.08. The first kappa shape index (κ1) is 18.3. The molecule has 0 spiro atoms. The van der Waals surface area contributed by atoms with Crippen molar-refractivity contribution in [3.8, 4) is 0 Å². The summed E-state index contributed by atoms with van der Waals surface area (Å²) in [6.07, 6.45) is -0.491. The van der Waals surface area contributed by atoms with Gasteiger partial charge in [-0.3, -0.25) is 4.90 Å². The fourth-order valence-corrected chi connectivity index (χ4v) is 3.38. The molecule has 1 saturated heterocycles. The quantitative estimate of drug-likeness (QED) is 0.914. The van der Waals surface area contributed by atoms with Gasteiger partial charge >= 0.3 is 12.1 Å². The highest BCUT2D eigenvalue weighted by Gasteiger charge is 2.61. The van der Waals surface area contributed by atoms with Crippen molar-refractivity contribution >= 4 is 12.1 Å². The molecule has 6 heteroatoms. The molecular formula is C18H25NO5. The van der Waals surface area contributed by atoms with E-state index in [1.807, 2.05) is 51.1 Å². The zero-order chi connectivity index (χ0) is 18.0. The zero-order valence-electron chi connectivity index (χ0n) is 14.6. The van der Waals surface area contributed by atoms with E-state index in [1.165, 1.54) is 12.0 Å². The van der Waals surface area contributed by atoms with Gasteiger partial charge in [-0.1, -0.05) is 51.1 Å². The van der Waals surface area contributed by atoms with Crippen LogP contribution < -0.4 is 0 Å². The van der Waals surface area contributed by atoms with Gasteiger partial charge in [-0.25, -0.2) is 9.59 Å². The van der Waals surface area contributed by atoms with Crippen LogP contribution >= 0.6 is 0 Å². The van der Waals surface area contributed by atoms with Crippen LogP contribution in [0.15, 0.2) is 30.3 Å². The molecule has 0 radical (unpaired) electrons. The van der Waals surface area contributed by atoms with Crippen molar-refractivity contribution in [1.82, 2.24) is 4.90 Å². The molecule has 1 amide bonds. The molecule has 0 bridgehead atoms. The van der Waals surface area contributed by atoms with E-state index in [0.29, 0.717) is 12.8 Å². The van der Waals surface area contributed by atoms with Gasteiger partial charge in [-0.05, 0) is 23.8 Å². The second-order valence-electron chi connectivity index (χ2n) is 7.05. The number of benzene rings is 1. The van der Waals surface area contributed by atoms with Crippen LogP contribution in [-0.4, -0.2) is 40.9 Å². The smallest absolute Gasteiger partial charge is 0.413 e. The first-order chi connectivity index (χ1) is 11.2. The summed E-state index contributed by atoms with van der Waals surface area (Å²) < 4.78 is 10.7. The molecule has 1 aliphatic heterocycles. The van der Waals surface area contributed by atoms with Gasteiger partial charge in [0, 0.05) is 7.11 Å². The minimum atomic E-state index is -1.36. The molecule has 1 N–H and O–H groups in total. The number of carbonyl (C=O) groups excluding carboxylic acids is 1. The molecule has 1 fully saturated rings. The van der Waals surface area contributed by atoms with E-state index in [9.17, 15) is 14.7 Å². The SMILES string of the molecule is COC1CC[C@@](C(=O)O)(C(C)(C)C)N1C(=O)OCc1ccccc1. The predicted molar refractivity (Wildman–Crippen MR) is 88.3 cm³/mol. The summed E-state index contributed by atoms with van der Waals surface area (Å²) in [6.45, 7) is 5.54. The van der Waals surface area contributed by atoms with Crippen LogP contribution in [0, 0.1) is 5.41 Å². The van der Waals surface area contributed by atoms with Crippen LogP contribution in [0.5, 0.6) is 0 Å². The average molecular weight is 335 g/mol. The third kappa shape index (κ3) is 3.11. The summed E-state index contributed by atoms with van der Waals surface area (Å²) in [5, 5.41) is 9.91. The number of likely N-dealkylation sites (tertiary alicyclic amines) is 1. The van der Waals surface area contributed by atoms with Crippen molar-refractivity contribution in [2.45, 2.75) is 52.0 Å². The summed E-state index contributed by atoms with van der Waals surface area (Å²) in [5.74, 6) is -1.04. The summed E-state index contributed by atoms with van der Waals surface area (Å²) in [7, 11) is 1.47. The zero-order valence-corrected chi connectivity index (χ0v) is 14.6. The minimum Gasteiger partial charge on any atom is -0.479 e. The number of hydrogen-bond acceptors (Lipinski definition) is 4. The van der Waals surface area contributed by atoms with E-state index in [-0.39, 0.29) is 6.61 Å². The number of carboxylic acid groups (broad SMARTS) is 1. The van der Waals surface area contributed by atoms with Crippen molar-refractivity contribution in [3.63, 3.8) is 0 Å². The number of nitrogens with zero attached hydrogens (tertiary/aromatic N) is 1. The highest BCUT2D eigenvalue weighted by atomic mass is 16.6. The Morgan fingerprint density at radius 1 is 1.29 bits per heavy atom. The molecule has 1 heterocycles. The number of methoxy groups -OCH3 is 1. The Balaban J connectivity index is 2.27. The number of aliphatic carboxylic acids is 1. The van der Waals surface area contributed by atoms with Crippen LogP contribution in [0.1, 0.15) is 39.2 Å². The molecule has 0 aromatic heterocycles. The third-order valence-corrected chi connectivity index (χ3v) is 4.72. The Labute approximate surface area is 142 Å². The van der Waals surface area contributed by atoms with Gasteiger partial charge in [0.1, 0.15) is 12.8 Å². The number of hydrogen-bond donors (Lipinski definition) is 1. The van der Waals surface area contributed by atoms with Crippen LogP contribution in [0.25, 0.3) is 0 Å². The van der Waals surface area contributed by atoms with Gasteiger partial charge in [0.25, 0.3) is 0 Å². The molecule has 2 atom stereocenters. The summed E-state index contributed by atoms with van der Waals surface area (Å²) in [4.78, 5) is 26.1. The molecular weight excluding hydrogens is 310 g/mol. The van der Waals surface area contributed by atoms with Crippen LogP contribution in [0.4, 0.5) is 4.79 Å². The topological polar surface area (TPSA) is 76.1 Å². The van der Waals surface area contributed by atoms with Crippen molar-refractivity contribution in [3.05, 3.63) is 35.9 Å². The molecule has 2 rings (SSSR count). The first-order valence-corrected chi connectivity index (χ1v) is 8.00. The van der Waals surface area contributed by atoms with E-state index in [0.717, 1.165) is 5.56 Å². The maximum Gasteiger partial charge on any atom is 0.413 e. The van der Waals surface area contributed by atoms with Gasteiger partial charge in [-0.2, -0.15) is 0 Å². The number of ether oxygens (including phenoxy) is 2. The van der Waals surface area contributed by atoms with Crippen molar-refractivity contribution in [1.29, 1.82) is 0 Å². The highest BCUT2D eigenvalue weighted by molar-refractivity contribution is 5.86. The van der Waals surface area contributed by atoms with Crippen molar-refractivity contribution < 1.29 is 24.2 Å². The largest absolute Gasteiger partial charge is 0.479 e. The molecule has 24 heavy (non-hydrogen) atoms. The third-order valence-electron chi connectivity index (χ3n) is 4.72. The Morgan fingerprint density at radius 2 is 1.92 bits per heavy atom. The van der Waals surface area contributed by atoms with Crippen molar-refractivity contribution in [2.24, 2.45) is 5.41 Å². The van der Waals surface area contributed by atoms with Crippen LogP contribution in [0.3, 0.4) is 0 Å². The van der Waals surface area contributed by atoms with E-state index in [4.69, 9.17) is 9.47 Å². The highest BCUT2D eigenvalue weighted by Crippen LogP contribution is 2.47. The second kappa shape index (κ2) is 6.81. The Morgan fingerprint density at radius 3 is 2.42 bits per heavy atom. The van der Waals surface area contributed by atoms with Crippen LogP contribution in [-0.2, 0) is 20.9 Å². The standard InChI is InChI=1S/C18H25NO5/c1-17(2,3)18(15(20)21)11-10-14(23-4)19(18)16(22)24-12-13-8-6-5-7-9-13/h5-9,14H,10-12H2,1-4H3,(H,20,21)/t14?,18-/m1/s1. The molecule has 1 aromatic rings. The maximum absolute atomic E-state index is 12.7. The number of amides is 1. The molecule has 132 valence electrons. The fourth-order valence-electron chi connectivity index (χ4n) is 3.38. The number of carbonyl (C=O) groups is 2. The number of carboxylic acids is 1. The van der Waals surface area contributed by atoms with E-state index >= 15 is 0 Å². The minimum absolute atomic E-state index is 0.0897. The van der Waals surface area contributed by atoms with E-state index < -0.39 is 29.2 Å². The normalized spacial score (nSPS) is 24.0. The van der Waals surface area contributed by atoms with Crippen LogP contribution in [0.2, 0.25) is 0 Å².